The Hall–Kier alpha value is -5.12. The average molecular weight is 600 g/mol. The molecule has 44 heavy (non-hydrogen) atoms. The van der Waals surface area contributed by atoms with E-state index < -0.39 is 48.0 Å². The van der Waals surface area contributed by atoms with Gasteiger partial charge in [0, 0.05) is 23.5 Å². The molecule has 10 heteroatoms. The van der Waals surface area contributed by atoms with Crippen molar-refractivity contribution in [3.8, 4) is 0 Å². The Labute approximate surface area is 256 Å². The molecule has 0 fully saturated rings. The standard InChI is InChI=1S/C34H37N3O7/c1-34(2,3)44-33(41)37-28(19-30(38)42-21-23-12-6-4-7-13-23)31(39)36-29(32(40)43-22-24-14-8-5-9-15-24)18-25-20-35-27-17-11-10-16-26(25)27/h4-17,20,28-29,35H,18-19,21-22H2,1-3H3,(H,36,39)(H,37,41). The summed E-state index contributed by atoms with van der Waals surface area (Å²) in [6.07, 6.45) is 0.483. The molecule has 0 bridgehead atoms. The second-order valence-electron chi connectivity index (χ2n) is 11.3. The molecule has 0 spiro atoms. The predicted octanol–water partition coefficient (Wildman–Crippen LogP) is 4.97. The predicted molar refractivity (Wildman–Crippen MR) is 164 cm³/mol. The van der Waals surface area contributed by atoms with Crippen LogP contribution < -0.4 is 10.6 Å². The van der Waals surface area contributed by atoms with Crippen molar-refractivity contribution in [3.63, 3.8) is 0 Å². The van der Waals surface area contributed by atoms with Crippen LogP contribution in [0.5, 0.6) is 0 Å². The second kappa shape index (κ2) is 14.9. The van der Waals surface area contributed by atoms with Gasteiger partial charge in [0.15, 0.2) is 0 Å². The molecular formula is C34H37N3O7. The first kappa shape index (κ1) is 31.8. The smallest absolute Gasteiger partial charge is 0.408 e. The minimum atomic E-state index is -1.39. The number of rotatable bonds is 12. The van der Waals surface area contributed by atoms with E-state index in [1.807, 2.05) is 72.8 Å². The van der Waals surface area contributed by atoms with Gasteiger partial charge in [0.1, 0.15) is 30.9 Å². The van der Waals surface area contributed by atoms with Crippen molar-refractivity contribution in [2.24, 2.45) is 0 Å². The molecule has 1 aromatic heterocycles. The molecule has 0 aliphatic rings. The Bertz CT molecular complexity index is 1560. The van der Waals surface area contributed by atoms with E-state index in [1.165, 1.54) is 0 Å². The highest BCUT2D eigenvalue weighted by atomic mass is 16.6. The number of H-pyrrole nitrogens is 1. The number of aromatic amines is 1. The summed E-state index contributed by atoms with van der Waals surface area (Å²) >= 11 is 0. The minimum Gasteiger partial charge on any atom is -0.461 e. The zero-order valence-electron chi connectivity index (χ0n) is 25.0. The summed E-state index contributed by atoms with van der Waals surface area (Å²) in [7, 11) is 0. The van der Waals surface area contributed by atoms with Gasteiger partial charge in [-0.05, 0) is 43.5 Å². The molecule has 2 unspecified atom stereocenters. The third-order valence-corrected chi connectivity index (χ3v) is 6.54. The Morgan fingerprint density at radius 1 is 0.750 bits per heavy atom. The molecule has 0 saturated heterocycles. The molecule has 2 amide bonds. The molecule has 230 valence electrons. The number of para-hydroxylation sites is 1. The largest absolute Gasteiger partial charge is 0.461 e. The van der Waals surface area contributed by atoms with E-state index in [0.717, 1.165) is 27.6 Å². The Morgan fingerprint density at radius 2 is 1.34 bits per heavy atom. The van der Waals surface area contributed by atoms with E-state index >= 15 is 0 Å². The monoisotopic (exact) mass is 599 g/mol. The summed E-state index contributed by atoms with van der Waals surface area (Å²) in [5, 5.41) is 6.04. The first-order valence-corrected chi connectivity index (χ1v) is 14.3. The van der Waals surface area contributed by atoms with E-state index in [0.29, 0.717) is 0 Å². The van der Waals surface area contributed by atoms with Gasteiger partial charge in [-0.1, -0.05) is 78.9 Å². The molecular weight excluding hydrogens is 562 g/mol. The van der Waals surface area contributed by atoms with Gasteiger partial charge >= 0.3 is 18.0 Å². The molecule has 0 saturated carbocycles. The lowest BCUT2D eigenvalue weighted by atomic mass is 10.0. The van der Waals surface area contributed by atoms with E-state index in [2.05, 4.69) is 15.6 Å². The van der Waals surface area contributed by atoms with Crippen molar-refractivity contribution < 1.29 is 33.4 Å². The normalized spacial score (nSPS) is 12.5. The number of amides is 2. The molecule has 10 nitrogen and oxygen atoms in total. The fourth-order valence-corrected chi connectivity index (χ4v) is 4.44. The molecule has 4 aromatic rings. The maximum atomic E-state index is 13.6. The van der Waals surface area contributed by atoms with Crippen molar-refractivity contribution in [2.75, 3.05) is 0 Å². The summed E-state index contributed by atoms with van der Waals surface area (Å²) in [6.45, 7) is 5.03. The van der Waals surface area contributed by atoms with Gasteiger partial charge in [0.2, 0.25) is 5.91 Å². The maximum Gasteiger partial charge on any atom is 0.408 e. The van der Waals surface area contributed by atoms with Crippen molar-refractivity contribution >= 4 is 34.8 Å². The SMILES string of the molecule is CC(C)(C)OC(=O)NC(CC(=O)OCc1ccccc1)C(=O)NC(Cc1c[nH]c2ccccc12)C(=O)OCc1ccccc1. The minimum absolute atomic E-state index is 0.00451. The third kappa shape index (κ3) is 9.72. The van der Waals surface area contributed by atoms with Crippen LogP contribution in [0.4, 0.5) is 4.79 Å². The maximum absolute atomic E-state index is 13.6. The van der Waals surface area contributed by atoms with E-state index in [9.17, 15) is 19.2 Å². The van der Waals surface area contributed by atoms with Crippen LogP contribution in [0.2, 0.25) is 0 Å². The van der Waals surface area contributed by atoms with Crippen LogP contribution in [0.1, 0.15) is 43.9 Å². The molecule has 0 aliphatic carbocycles. The molecule has 0 radical (unpaired) electrons. The van der Waals surface area contributed by atoms with Gasteiger partial charge in [-0.25, -0.2) is 9.59 Å². The molecule has 0 aliphatic heterocycles. The fraction of sp³-hybridized carbons (Fsp3) is 0.294. The van der Waals surface area contributed by atoms with Crippen LogP contribution in [0.3, 0.4) is 0 Å². The zero-order chi connectivity index (χ0) is 31.5. The quantitative estimate of drug-likeness (QED) is 0.155. The lowest BCUT2D eigenvalue weighted by Gasteiger charge is -2.24. The Morgan fingerprint density at radius 3 is 1.98 bits per heavy atom. The van der Waals surface area contributed by atoms with Crippen LogP contribution >= 0.6 is 0 Å². The fourth-order valence-electron chi connectivity index (χ4n) is 4.44. The average Bonchev–Trinajstić information content (AvgIpc) is 3.41. The summed E-state index contributed by atoms with van der Waals surface area (Å²) < 4.78 is 16.3. The highest BCUT2D eigenvalue weighted by molar-refractivity contribution is 5.93. The van der Waals surface area contributed by atoms with E-state index in [1.54, 1.807) is 39.1 Å². The van der Waals surface area contributed by atoms with Crippen LogP contribution in [0.15, 0.2) is 91.1 Å². The number of benzene rings is 3. The number of aromatic nitrogens is 1. The van der Waals surface area contributed by atoms with E-state index in [-0.39, 0.29) is 19.6 Å². The van der Waals surface area contributed by atoms with Gasteiger partial charge < -0.3 is 29.8 Å². The van der Waals surface area contributed by atoms with Crippen LogP contribution in [-0.2, 0) is 48.2 Å². The molecule has 3 aromatic carbocycles. The summed E-state index contributed by atoms with van der Waals surface area (Å²) in [5.74, 6) is -2.16. The van der Waals surface area contributed by atoms with Gasteiger partial charge in [0.25, 0.3) is 0 Å². The van der Waals surface area contributed by atoms with Crippen molar-refractivity contribution in [2.45, 2.75) is 64.5 Å². The third-order valence-electron chi connectivity index (χ3n) is 6.54. The molecule has 3 N–H and O–H groups in total. The molecule has 4 rings (SSSR count). The van der Waals surface area contributed by atoms with Gasteiger partial charge in [0.05, 0.1) is 6.42 Å². The van der Waals surface area contributed by atoms with Crippen LogP contribution in [0, 0.1) is 0 Å². The Kier molecular flexibility index (Phi) is 10.7. The van der Waals surface area contributed by atoms with Crippen LogP contribution in [-0.4, -0.2) is 46.6 Å². The summed E-state index contributed by atoms with van der Waals surface area (Å²) in [6, 6.07) is 23.3. The topological polar surface area (TPSA) is 136 Å². The number of esters is 2. The number of hydrogen-bond acceptors (Lipinski definition) is 7. The van der Waals surface area contributed by atoms with Crippen molar-refractivity contribution in [1.82, 2.24) is 15.6 Å². The number of fused-ring (bicyclic) bond motifs is 1. The van der Waals surface area contributed by atoms with Crippen LogP contribution in [0.25, 0.3) is 10.9 Å². The summed E-state index contributed by atoms with van der Waals surface area (Å²) in [4.78, 5) is 55.6. The zero-order valence-corrected chi connectivity index (χ0v) is 25.0. The van der Waals surface area contributed by atoms with Gasteiger partial charge in [-0.2, -0.15) is 0 Å². The number of alkyl carbamates (subject to hydrolysis) is 1. The number of ether oxygens (including phenoxy) is 3. The van der Waals surface area contributed by atoms with Gasteiger partial charge in [-0.15, -0.1) is 0 Å². The lowest BCUT2D eigenvalue weighted by Crippen LogP contribution is -2.53. The first-order valence-electron chi connectivity index (χ1n) is 14.3. The Balaban J connectivity index is 1.52. The first-order chi connectivity index (χ1) is 21.1. The number of carbonyl (C=O) groups is 4. The van der Waals surface area contributed by atoms with Gasteiger partial charge in [-0.3, -0.25) is 9.59 Å². The lowest BCUT2D eigenvalue weighted by molar-refractivity contribution is -0.149. The number of hydrogen-bond donors (Lipinski definition) is 3. The van der Waals surface area contributed by atoms with E-state index in [4.69, 9.17) is 14.2 Å². The summed E-state index contributed by atoms with van der Waals surface area (Å²) in [5.41, 5.74) is 2.35. The highest BCUT2D eigenvalue weighted by Crippen LogP contribution is 2.20. The molecule has 1 heterocycles. The highest BCUT2D eigenvalue weighted by Gasteiger charge is 2.32. The van der Waals surface area contributed by atoms with Crippen molar-refractivity contribution in [1.29, 1.82) is 0 Å². The second-order valence-corrected chi connectivity index (χ2v) is 11.3. The number of nitrogens with one attached hydrogen (secondary N) is 3. The van der Waals surface area contributed by atoms with Crippen molar-refractivity contribution in [3.05, 3.63) is 108 Å². The molecule has 2 atom stereocenters. The number of carbonyl (C=O) groups excluding carboxylic acids is 4.